The van der Waals surface area contributed by atoms with Crippen LogP contribution in [0.5, 0.6) is 0 Å². The Kier molecular flexibility index (Phi) is 4.10. The molecule has 0 N–H and O–H groups in total. The maximum Gasteiger partial charge on any atom is 0.153 e. The lowest BCUT2D eigenvalue weighted by Gasteiger charge is -2.20. The number of rotatable bonds is 4. The molecule has 0 aliphatic carbocycles. The lowest BCUT2D eigenvalue weighted by atomic mass is 10.2. The fraction of sp³-hybridized carbons (Fsp3) is 0.143. The van der Waals surface area contributed by atoms with Gasteiger partial charge in [-0.1, -0.05) is 34.1 Å². The first kappa shape index (κ1) is 12.8. The molecule has 0 aliphatic rings. The number of carbonyl (C=O) groups is 1. The topological polar surface area (TPSA) is 33.2 Å². The minimum Gasteiger partial charge on any atom is -0.355 e. The maximum absolute atomic E-state index is 11.0. The molecule has 0 bridgehead atoms. The van der Waals surface area contributed by atoms with E-state index in [2.05, 4.69) is 20.9 Å². The van der Waals surface area contributed by atoms with E-state index in [9.17, 15) is 4.79 Å². The van der Waals surface area contributed by atoms with E-state index in [4.69, 9.17) is 0 Å². The molecule has 0 atom stereocenters. The van der Waals surface area contributed by atoms with E-state index in [0.29, 0.717) is 17.9 Å². The summed E-state index contributed by atoms with van der Waals surface area (Å²) < 4.78 is 1.06. The molecule has 0 aliphatic heterocycles. The Morgan fingerprint density at radius 1 is 1.28 bits per heavy atom. The minimum absolute atomic E-state index is 0.604. The Labute approximate surface area is 115 Å². The van der Waals surface area contributed by atoms with Gasteiger partial charge < -0.3 is 4.90 Å². The van der Waals surface area contributed by atoms with Crippen LogP contribution < -0.4 is 4.90 Å². The molecule has 0 unspecified atom stereocenters. The fourth-order valence-corrected chi connectivity index (χ4v) is 2.19. The highest BCUT2D eigenvalue weighted by Gasteiger charge is 2.09. The molecule has 0 amide bonds. The predicted octanol–water partition coefficient (Wildman–Crippen LogP) is 3.29. The second-order valence-corrected chi connectivity index (χ2v) is 4.84. The van der Waals surface area contributed by atoms with Crippen LogP contribution in [0.2, 0.25) is 0 Å². The van der Waals surface area contributed by atoms with Crippen molar-refractivity contribution in [3.05, 3.63) is 58.2 Å². The van der Waals surface area contributed by atoms with Crippen LogP contribution in [0.25, 0.3) is 0 Å². The summed E-state index contributed by atoms with van der Waals surface area (Å²) in [6, 6.07) is 11.6. The molecule has 4 heteroatoms. The zero-order valence-electron chi connectivity index (χ0n) is 10.0. The highest BCUT2D eigenvalue weighted by Crippen LogP contribution is 2.21. The molecule has 3 nitrogen and oxygen atoms in total. The summed E-state index contributed by atoms with van der Waals surface area (Å²) in [5.74, 6) is 0.697. The van der Waals surface area contributed by atoms with E-state index in [-0.39, 0.29) is 0 Å². The van der Waals surface area contributed by atoms with Gasteiger partial charge in [0.05, 0.1) is 5.56 Å². The van der Waals surface area contributed by atoms with Gasteiger partial charge in [0, 0.05) is 24.3 Å². The third-order valence-corrected chi connectivity index (χ3v) is 3.44. The van der Waals surface area contributed by atoms with Gasteiger partial charge >= 0.3 is 0 Å². The Bertz CT molecular complexity index is 557. The minimum atomic E-state index is 0.604. The van der Waals surface area contributed by atoms with Crippen molar-refractivity contribution < 1.29 is 4.79 Å². The van der Waals surface area contributed by atoms with Crippen molar-refractivity contribution in [2.75, 3.05) is 11.9 Å². The number of aromatic nitrogens is 1. The standard InChI is InChI=1S/C14H13BrN2O/c1-17(9-11-5-2-3-7-13(11)15)14-12(10-18)6-4-8-16-14/h2-8,10H,9H2,1H3. The number of aldehydes is 1. The maximum atomic E-state index is 11.0. The quantitative estimate of drug-likeness (QED) is 0.813. The van der Waals surface area contributed by atoms with Gasteiger partial charge in [-0.15, -0.1) is 0 Å². The number of carbonyl (C=O) groups excluding carboxylic acids is 1. The van der Waals surface area contributed by atoms with Crippen LogP contribution >= 0.6 is 15.9 Å². The first-order valence-corrected chi connectivity index (χ1v) is 6.36. The van der Waals surface area contributed by atoms with Crippen LogP contribution in [0, 0.1) is 0 Å². The Morgan fingerprint density at radius 3 is 2.78 bits per heavy atom. The van der Waals surface area contributed by atoms with Crippen molar-refractivity contribution in [3.8, 4) is 0 Å². The molecular weight excluding hydrogens is 292 g/mol. The van der Waals surface area contributed by atoms with Crippen LogP contribution in [0.3, 0.4) is 0 Å². The molecule has 0 spiro atoms. The molecule has 2 aromatic rings. The molecule has 2 rings (SSSR count). The molecule has 1 heterocycles. The molecular formula is C14H13BrN2O. The Hall–Kier alpha value is -1.68. The van der Waals surface area contributed by atoms with Crippen molar-refractivity contribution in [2.24, 2.45) is 0 Å². The number of anilines is 1. The molecule has 0 fully saturated rings. The fourth-order valence-electron chi connectivity index (χ4n) is 1.78. The SMILES string of the molecule is CN(Cc1ccccc1Br)c1ncccc1C=O. The van der Waals surface area contributed by atoms with E-state index in [0.717, 1.165) is 16.3 Å². The van der Waals surface area contributed by atoms with Gasteiger partial charge in [-0.3, -0.25) is 4.79 Å². The molecule has 0 radical (unpaired) electrons. The summed E-state index contributed by atoms with van der Waals surface area (Å²) in [7, 11) is 1.93. The summed E-state index contributed by atoms with van der Waals surface area (Å²) in [5.41, 5.74) is 1.76. The van der Waals surface area contributed by atoms with Gasteiger partial charge in [-0.05, 0) is 23.8 Å². The highest BCUT2D eigenvalue weighted by atomic mass is 79.9. The molecule has 0 saturated carbocycles. The average molecular weight is 305 g/mol. The molecule has 1 aromatic heterocycles. The normalized spacial score (nSPS) is 10.1. The summed E-state index contributed by atoms with van der Waals surface area (Å²) in [6.45, 7) is 0.694. The monoisotopic (exact) mass is 304 g/mol. The van der Waals surface area contributed by atoms with Crippen molar-refractivity contribution in [1.29, 1.82) is 0 Å². The van der Waals surface area contributed by atoms with Crippen molar-refractivity contribution in [3.63, 3.8) is 0 Å². The predicted molar refractivity (Wildman–Crippen MR) is 75.9 cm³/mol. The number of hydrogen-bond acceptors (Lipinski definition) is 3. The average Bonchev–Trinajstić information content (AvgIpc) is 2.41. The van der Waals surface area contributed by atoms with Crippen LogP contribution in [0.15, 0.2) is 47.1 Å². The van der Waals surface area contributed by atoms with Crippen molar-refractivity contribution in [1.82, 2.24) is 4.98 Å². The smallest absolute Gasteiger partial charge is 0.153 e. The van der Waals surface area contributed by atoms with Gasteiger partial charge in [0.25, 0.3) is 0 Å². The summed E-state index contributed by atoms with van der Waals surface area (Å²) in [6.07, 6.45) is 2.53. The van der Waals surface area contributed by atoms with E-state index in [1.165, 1.54) is 0 Å². The number of hydrogen-bond donors (Lipinski definition) is 0. The van der Waals surface area contributed by atoms with Crippen molar-refractivity contribution in [2.45, 2.75) is 6.54 Å². The molecule has 92 valence electrons. The summed E-state index contributed by atoms with van der Waals surface area (Å²) in [5, 5.41) is 0. The highest BCUT2D eigenvalue weighted by molar-refractivity contribution is 9.10. The van der Waals surface area contributed by atoms with E-state index >= 15 is 0 Å². The van der Waals surface area contributed by atoms with Gasteiger partial charge in [-0.25, -0.2) is 4.98 Å². The first-order valence-electron chi connectivity index (χ1n) is 5.57. The molecule has 0 saturated heterocycles. The Balaban J connectivity index is 2.25. The second-order valence-electron chi connectivity index (χ2n) is 3.98. The largest absolute Gasteiger partial charge is 0.355 e. The van der Waals surface area contributed by atoms with E-state index in [1.807, 2.05) is 36.2 Å². The summed E-state index contributed by atoms with van der Waals surface area (Å²) in [4.78, 5) is 17.2. The van der Waals surface area contributed by atoms with Gasteiger partial charge in [0.2, 0.25) is 0 Å². The number of benzene rings is 1. The van der Waals surface area contributed by atoms with Gasteiger partial charge in [0.1, 0.15) is 5.82 Å². The van der Waals surface area contributed by atoms with Crippen LogP contribution in [-0.2, 0) is 6.54 Å². The third kappa shape index (κ3) is 2.76. The third-order valence-electron chi connectivity index (χ3n) is 2.67. The van der Waals surface area contributed by atoms with Crippen LogP contribution in [0.4, 0.5) is 5.82 Å². The van der Waals surface area contributed by atoms with Gasteiger partial charge in [0.15, 0.2) is 6.29 Å². The lowest BCUT2D eigenvalue weighted by molar-refractivity contribution is 0.112. The zero-order valence-corrected chi connectivity index (χ0v) is 11.6. The summed E-state index contributed by atoms with van der Waals surface area (Å²) >= 11 is 3.52. The van der Waals surface area contributed by atoms with Crippen LogP contribution in [-0.4, -0.2) is 18.3 Å². The molecule has 1 aromatic carbocycles. The van der Waals surface area contributed by atoms with Crippen molar-refractivity contribution >= 4 is 28.0 Å². The second kappa shape index (κ2) is 5.78. The first-order chi connectivity index (χ1) is 8.72. The van der Waals surface area contributed by atoms with Crippen LogP contribution in [0.1, 0.15) is 15.9 Å². The number of pyridine rings is 1. The number of nitrogens with zero attached hydrogens (tertiary/aromatic N) is 2. The molecule has 18 heavy (non-hydrogen) atoms. The zero-order chi connectivity index (χ0) is 13.0. The van der Waals surface area contributed by atoms with Gasteiger partial charge in [-0.2, -0.15) is 0 Å². The number of halogens is 1. The Morgan fingerprint density at radius 2 is 2.06 bits per heavy atom. The van der Waals surface area contributed by atoms with E-state index < -0.39 is 0 Å². The van der Waals surface area contributed by atoms with E-state index in [1.54, 1.807) is 18.3 Å². The lowest BCUT2D eigenvalue weighted by Crippen LogP contribution is -2.19.